The molecule has 0 saturated carbocycles. The van der Waals surface area contributed by atoms with Crippen molar-refractivity contribution in [1.29, 1.82) is 0 Å². The van der Waals surface area contributed by atoms with E-state index in [0.29, 0.717) is 6.26 Å². The van der Waals surface area contributed by atoms with Gasteiger partial charge >= 0.3 is 10.5 Å². The lowest BCUT2D eigenvalue weighted by Gasteiger charge is -1.83. The average Bonchev–Trinajstić information content (AvgIpc) is 1.30. The molecule has 42 valence electrons. The molecular formula is C2H3FO3S. The highest BCUT2D eigenvalue weighted by molar-refractivity contribution is 7.81. The maximum absolute atomic E-state index is 11.1. The molecule has 7 heavy (non-hydrogen) atoms. The molecule has 0 unspecified atom stereocenters. The van der Waals surface area contributed by atoms with E-state index in [0.717, 1.165) is 0 Å². The first-order valence-electron chi connectivity index (χ1n) is 1.30. The third-order valence-corrected chi connectivity index (χ3v) is 0.549. The molecule has 0 atom stereocenters. The molecule has 0 N–H and O–H groups in total. The van der Waals surface area contributed by atoms with E-state index in [4.69, 9.17) is 0 Å². The summed E-state index contributed by atoms with van der Waals surface area (Å²) in [5, 5.41) is 0. The fourth-order valence-electron chi connectivity index (χ4n) is 0.0813. The first-order chi connectivity index (χ1) is 3.06. The fraction of sp³-hybridized carbons (Fsp3) is 0. The van der Waals surface area contributed by atoms with Crippen LogP contribution in [0.5, 0.6) is 0 Å². The van der Waals surface area contributed by atoms with Crippen LogP contribution in [0.25, 0.3) is 0 Å². The highest BCUT2D eigenvalue weighted by atomic mass is 32.3. The lowest BCUT2D eigenvalue weighted by Crippen LogP contribution is -1.88. The molecule has 0 aromatic heterocycles. The van der Waals surface area contributed by atoms with E-state index in [1.807, 2.05) is 0 Å². The van der Waals surface area contributed by atoms with E-state index < -0.39 is 10.5 Å². The van der Waals surface area contributed by atoms with Gasteiger partial charge in [0.05, 0.1) is 0 Å². The van der Waals surface area contributed by atoms with Crippen LogP contribution in [0.1, 0.15) is 0 Å². The second-order valence-electron chi connectivity index (χ2n) is 0.656. The topological polar surface area (TPSA) is 43.4 Å². The lowest BCUT2D eigenvalue weighted by atomic mass is 11.2. The van der Waals surface area contributed by atoms with Crippen LogP contribution in [0.2, 0.25) is 0 Å². The minimum Gasteiger partial charge on any atom is -0.367 e. The molecule has 0 amide bonds. The average molecular weight is 126 g/mol. The summed E-state index contributed by atoms with van der Waals surface area (Å²) in [6.07, 6.45) is 0.495. The number of halogens is 1. The standard InChI is InChI=1S/C2H3FO3S/c1-2-6-7(3,4)5/h2H,1H2. The summed E-state index contributed by atoms with van der Waals surface area (Å²) < 4.78 is 32.9. The molecule has 0 aliphatic heterocycles. The molecule has 0 spiro atoms. The minimum absolute atomic E-state index is 0.495. The van der Waals surface area contributed by atoms with Gasteiger partial charge < -0.3 is 4.18 Å². The quantitative estimate of drug-likeness (QED) is 0.396. The summed E-state index contributed by atoms with van der Waals surface area (Å²) in [5.74, 6) is 0. The molecule has 5 heteroatoms. The Hall–Kier alpha value is -0.580. The predicted molar refractivity (Wildman–Crippen MR) is 21.3 cm³/mol. The smallest absolute Gasteiger partial charge is 0.367 e. The van der Waals surface area contributed by atoms with Gasteiger partial charge in [-0.15, -0.1) is 0 Å². The van der Waals surface area contributed by atoms with Crippen LogP contribution in [-0.2, 0) is 14.7 Å². The summed E-state index contributed by atoms with van der Waals surface area (Å²) in [5.41, 5.74) is 0. The molecule has 0 heterocycles. The van der Waals surface area contributed by atoms with Crippen LogP contribution in [0.4, 0.5) is 3.89 Å². The minimum atomic E-state index is -4.79. The van der Waals surface area contributed by atoms with Gasteiger partial charge in [-0.1, -0.05) is 10.5 Å². The van der Waals surface area contributed by atoms with Crippen molar-refractivity contribution < 1.29 is 16.5 Å². The molecule has 0 aliphatic rings. The third kappa shape index (κ3) is 5.42. The SMILES string of the molecule is C=COS(=O)(=O)F. The first-order valence-corrected chi connectivity index (χ1v) is 2.61. The van der Waals surface area contributed by atoms with E-state index in [9.17, 15) is 12.3 Å². The van der Waals surface area contributed by atoms with Crippen molar-refractivity contribution in [2.45, 2.75) is 0 Å². The van der Waals surface area contributed by atoms with Crippen molar-refractivity contribution in [3.63, 3.8) is 0 Å². The Morgan fingerprint density at radius 2 is 2.14 bits per heavy atom. The van der Waals surface area contributed by atoms with Crippen molar-refractivity contribution in [1.82, 2.24) is 0 Å². The Morgan fingerprint density at radius 1 is 1.71 bits per heavy atom. The summed E-state index contributed by atoms with van der Waals surface area (Å²) >= 11 is 0. The van der Waals surface area contributed by atoms with Crippen molar-refractivity contribution in [3.05, 3.63) is 12.8 Å². The zero-order valence-electron chi connectivity index (χ0n) is 3.30. The van der Waals surface area contributed by atoms with E-state index in [2.05, 4.69) is 10.8 Å². The van der Waals surface area contributed by atoms with Crippen LogP contribution in [0, 0.1) is 0 Å². The number of hydrogen-bond donors (Lipinski definition) is 0. The zero-order chi connectivity index (χ0) is 5.91. The van der Waals surface area contributed by atoms with E-state index in [1.54, 1.807) is 0 Å². The highest BCUT2D eigenvalue weighted by Gasteiger charge is 2.00. The molecule has 3 nitrogen and oxygen atoms in total. The Kier molecular flexibility index (Phi) is 1.76. The first kappa shape index (κ1) is 6.42. The van der Waals surface area contributed by atoms with Crippen LogP contribution in [0.15, 0.2) is 12.8 Å². The molecular weight excluding hydrogens is 123 g/mol. The largest absolute Gasteiger partial charge is 0.488 e. The molecule has 0 saturated heterocycles. The lowest BCUT2D eigenvalue weighted by molar-refractivity contribution is 0.403. The van der Waals surface area contributed by atoms with Gasteiger partial charge in [0.15, 0.2) is 0 Å². The van der Waals surface area contributed by atoms with E-state index in [1.165, 1.54) is 0 Å². The van der Waals surface area contributed by atoms with Crippen LogP contribution in [0.3, 0.4) is 0 Å². The van der Waals surface area contributed by atoms with Gasteiger partial charge in [-0.05, 0) is 0 Å². The molecule has 0 fully saturated rings. The molecule has 0 rings (SSSR count). The maximum Gasteiger partial charge on any atom is 0.488 e. The molecule has 0 aromatic rings. The molecule has 0 radical (unpaired) electrons. The summed E-state index contributed by atoms with van der Waals surface area (Å²) in [6, 6.07) is 0. The normalized spacial score (nSPS) is 10.4. The van der Waals surface area contributed by atoms with E-state index >= 15 is 0 Å². The fourth-order valence-corrected chi connectivity index (χ4v) is 0.244. The third-order valence-electron chi connectivity index (χ3n) is 0.183. The molecule has 0 aliphatic carbocycles. The Balaban J connectivity index is 3.84. The van der Waals surface area contributed by atoms with Crippen LogP contribution in [-0.4, -0.2) is 8.42 Å². The van der Waals surface area contributed by atoms with Gasteiger partial charge in [0.2, 0.25) is 0 Å². The van der Waals surface area contributed by atoms with Gasteiger partial charge in [-0.2, -0.15) is 8.42 Å². The monoisotopic (exact) mass is 126 g/mol. The Morgan fingerprint density at radius 3 is 2.14 bits per heavy atom. The van der Waals surface area contributed by atoms with Crippen LogP contribution >= 0.6 is 0 Å². The van der Waals surface area contributed by atoms with Crippen molar-refractivity contribution in [2.75, 3.05) is 0 Å². The Bertz CT molecular complexity index is 146. The van der Waals surface area contributed by atoms with Gasteiger partial charge in [0, 0.05) is 0 Å². The van der Waals surface area contributed by atoms with Gasteiger partial charge in [0.1, 0.15) is 6.26 Å². The van der Waals surface area contributed by atoms with Crippen LogP contribution < -0.4 is 0 Å². The van der Waals surface area contributed by atoms with Crippen molar-refractivity contribution >= 4 is 10.5 Å². The summed E-state index contributed by atoms with van der Waals surface area (Å²) in [4.78, 5) is 0. The van der Waals surface area contributed by atoms with E-state index in [-0.39, 0.29) is 0 Å². The van der Waals surface area contributed by atoms with Crippen molar-refractivity contribution in [2.24, 2.45) is 0 Å². The predicted octanol–water partition coefficient (Wildman–Crippen LogP) is 0.361. The second kappa shape index (κ2) is 1.92. The zero-order valence-corrected chi connectivity index (χ0v) is 4.11. The second-order valence-corrected chi connectivity index (χ2v) is 1.63. The number of rotatable bonds is 2. The molecule has 0 aromatic carbocycles. The van der Waals surface area contributed by atoms with Gasteiger partial charge in [-0.3, -0.25) is 0 Å². The summed E-state index contributed by atoms with van der Waals surface area (Å²) in [6.45, 7) is 2.80. The highest BCUT2D eigenvalue weighted by Crippen LogP contribution is 1.90. The molecule has 0 bridgehead atoms. The van der Waals surface area contributed by atoms with Crippen molar-refractivity contribution in [3.8, 4) is 0 Å². The number of hydrogen-bond acceptors (Lipinski definition) is 3. The van der Waals surface area contributed by atoms with Gasteiger partial charge in [0.25, 0.3) is 0 Å². The maximum atomic E-state index is 11.1. The Labute approximate surface area is 40.8 Å². The summed E-state index contributed by atoms with van der Waals surface area (Å²) in [7, 11) is -4.79. The van der Waals surface area contributed by atoms with Gasteiger partial charge in [-0.25, -0.2) is 0 Å².